The number of nitriles is 1. The van der Waals surface area contributed by atoms with Crippen LogP contribution in [0.1, 0.15) is 26.4 Å². The first-order valence-corrected chi connectivity index (χ1v) is 9.07. The number of nitrogens with zero attached hydrogens (tertiary/aromatic N) is 2. The first kappa shape index (κ1) is 16.4. The van der Waals surface area contributed by atoms with E-state index in [9.17, 15) is 4.79 Å². The molecule has 2 aromatic carbocycles. The zero-order valence-corrected chi connectivity index (χ0v) is 15.0. The van der Waals surface area contributed by atoms with Gasteiger partial charge in [-0.1, -0.05) is 24.3 Å². The molecule has 26 heavy (non-hydrogen) atoms. The van der Waals surface area contributed by atoms with Gasteiger partial charge in [0.1, 0.15) is 12.4 Å². The average molecular weight is 360 g/mol. The van der Waals surface area contributed by atoms with E-state index in [0.717, 1.165) is 27.3 Å². The fraction of sp³-hybridized carbons (Fsp3) is 0.143. The molecule has 0 spiro atoms. The maximum Gasteiger partial charge on any atom is 0.263 e. The van der Waals surface area contributed by atoms with Gasteiger partial charge in [0.2, 0.25) is 0 Å². The zero-order chi connectivity index (χ0) is 18.1. The third-order valence-electron chi connectivity index (χ3n) is 4.38. The van der Waals surface area contributed by atoms with E-state index in [0.29, 0.717) is 23.6 Å². The molecule has 0 bridgehead atoms. The maximum atomic E-state index is 12.8. The van der Waals surface area contributed by atoms with E-state index in [1.165, 1.54) is 11.3 Å². The molecule has 0 N–H and O–H groups in total. The van der Waals surface area contributed by atoms with Crippen molar-refractivity contribution in [2.24, 2.45) is 0 Å². The molecule has 2 heterocycles. The summed E-state index contributed by atoms with van der Waals surface area (Å²) in [5.41, 5.74) is 3.72. The number of hydrogen-bond donors (Lipinski definition) is 0. The highest BCUT2D eigenvalue weighted by Gasteiger charge is 2.23. The van der Waals surface area contributed by atoms with E-state index in [1.807, 2.05) is 42.5 Å². The molecule has 0 unspecified atom stereocenters. The van der Waals surface area contributed by atoms with Crippen LogP contribution in [0, 0.1) is 11.3 Å². The summed E-state index contributed by atoms with van der Waals surface area (Å²) in [5, 5.41) is 8.87. The van der Waals surface area contributed by atoms with Gasteiger partial charge >= 0.3 is 0 Å². The highest BCUT2D eigenvalue weighted by Crippen LogP contribution is 2.42. The van der Waals surface area contributed by atoms with Gasteiger partial charge in [0.05, 0.1) is 16.5 Å². The smallest absolute Gasteiger partial charge is 0.263 e. The van der Waals surface area contributed by atoms with Gasteiger partial charge in [-0.2, -0.15) is 5.26 Å². The summed E-state index contributed by atoms with van der Waals surface area (Å²) in [6.45, 7) is 0.996. The number of para-hydroxylation sites is 1. The molecule has 3 aromatic rings. The summed E-state index contributed by atoms with van der Waals surface area (Å²) in [7, 11) is 1.80. The summed E-state index contributed by atoms with van der Waals surface area (Å²) < 4.78 is 5.78. The second-order valence-electron chi connectivity index (χ2n) is 6.22. The lowest BCUT2D eigenvalue weighted by Crippen LogP contribution is -2.25. The lowest BCUT2D eigenvalue weighted by atomic mass is 10.1. The molecule has 0 saturated carbocycles. The SMILES string of the molecule is CN(Cc1ccc(C#N)cc1)C(=O)c1cc2c(s1)-c1ccccc1OC2. The molecule has 1 aliphatic heterocycles. The van der Waals surface area contributed by atoms with E-state index in [1.54, 1.807) is 24.1 Å². The summed E-state index contributed by atoms with van der Waals surface area (Å²) in [6, 6.07) is 19.3. The second-order valence-corrected chi connectivity index (χ2v) is 7.27. The molecule has 0 fully saturated rings. The van der Waals surface area contributed by atoms with Crippen LogP contribution in [0.2, 0.25) is 0 Å². The Hall–Kier alpha value is -3.10. The molecule has 0 saturated heterocycles. The van der Waals surface area contributed by atoms with Crippen LogP contribution in [0.25, 0.3) is 10.4 Å². The van der Waals surface area contributed by atoms with Crippen LogP contribution in [0.3, 0.4) is 0 Å². The average Bonchev–Trinajstić information content (AvgIpc) is 3.12. The highest BCUT2D eigenvalue weighted by molar-refractivity contribution is 7.17. The van der Waals surface area contributed by atoms with Gasteiger partial charge in [0, 0.05) is 29.6 Å². The quantitative estimate of drug-likeness (QED) is 0.693. The van der Waals surface area contributed by atoms with Crippen molar-refractivity contribution in [1.29, 1.82) is 5.26 Å². The van der Waals surface area contributed by atoms with Crippen molar-refractivity contribution in [3.8, 4) is 22.3 Å². The molecule has 0 atom stereocenters. The minimum atomic E-state index is -0.00811. The Bertz CT molecular complexity index is 1020. The lowest BCUT2D eigenvalue weighted by Gasteiger charge is -2.16. The molecule has 4 rings (SSSR count). The summed E-state index contributed by atoms with van der Waals surface area (Å²) >= 11 is 1.52. The second kappa shape index (κ2) is 6.66. The molecular formula is C21H16N2O2S. The van der Waals surface area contributed by atoms with Crippen LogP contribution in [0.4, 0.5) is 0 Å². The summed E-state index contributed by atoms with van der Waals surface area (Å²) in [4.78, 5) is 16.4. The van der Waals surface area contributed by atoms with Gasteiger partial charge in [-0.15, -0.1) is 11.3 Å². The van der Waals surface area contributed by atoms with Crippen LogP contribution in [0.5, 0.6) is 5.75 Å². The minimum absolute atomic E-state index is 0.00811. The summed E-state index contributed by atoms with van der Waals surface area (Å²) in [5.74, 6) is 0.859. The zero-order valence-electron chi connectivity index (χ0n) is 14.2. The molecular weight excluding hydrogens is 344 g/mol. The molecule has 1 aliphatic rings. The fourth-order valence-corrected chi connectivity index (χ4v) is 4.22. The minimum Gasteiger partial charge on any atom is -0.488 e. The topological polar surface area (TPSA) is 53.3 Å². The van der Waals surface area contributed by atoms with Crippen molar-refractivity contribution in [3.05, 3.63) is 76.2 Å². The Morgan fingerprint density at radius 1 is 1.23 bits per heavy atom. The van der Waals surface area contributed by atoms with Crippen molar-refractivity contribution in [1.82, 2.24) is 4.90 Å². The van der Waals surface area contributed by atoms with Crippen LogP contribution in [-0.4, -0.2) is 17.9 Å². The van der Waals surface area contributed by atoms with Crippen LogP contribution >= 0.6 is 11.3 Å². The molecule has 128 valence electrons. The van der Waals surface area contributed by atoms with E-state index < -0.39 is 0 Å². The fourth-order valence-electron chi connectivity index (χ4n) is 3.02. The number of benzene rings is 2. The van der Waals surface area contributed by atoms with E-state index in [4.69, 9.17) is 10.00 Å². The largest absolute Gasteiger partial charge is 0.488 e. The van der Waals surface area contributed by atoms with Crippen molar-refractivity contribution < 1.29 is 9.53 Å². The number of fused-ring (bicyclic) bond motifs is 3. The Morgan fingerprint density at radius 3 is 2.77 bits per heavy atom. The summed E-state index contributed by atoms with van der Waals surface area (Å²) in [6.07, 6.45) is 0. The normalized spacial score (nSPS) is 11.7. The molecule has 1 aromatic heterocycles. The third kappa shape index (κ3) is 2.96. The number of ether oxygens (including phenoxy) is 1. The van der Waals surface area contributed by atoms with Gasteiger partial charge in [0.25, 0.3) is 5.91 Å². The van der Waals surface area contributed by atoms with Crippen LogP contribution < -0.4 is 4.74 Å². The van der Waals surface area contributed by atoms with Crippen LogP contribution in [-0.2, 0) is 13.2 Å². The Kier molecular flexibility index (Phi) is 4.19. The molecule has 0 radical (unpaired) electrons. The lowest BCUT2D eigenvalue weighted by molar-refractivity contribution is 0.0790. The van der Waals surface area contributed by atoms with Crippen molar-refractivity contribution in [2.45, 2.75) is 13.2 Å². The number of carbonyl (C=O) groups excluding carboxylic acids is 1. The van der Waals surface area contributed by atoms with Crippen molar-refractivity contribution in [2.75, 3.05) is 7.05 Å². The number of carbonyl (C=O) groups is 1. The number of rotatable bonds is 3. The molecule has 1 amide bonds. The number of thiophene rings is 1. The Morgan fingerprint density at radius 2 is 2.00 bits per heavy atom. The van der Waals surface area contributed by atoms with Crippen molar-refractivity contribution in [3.63, 3.8) is 0 Å². The van der Waals surface area contributed by atoms with Gasteiger partial charge in [0.15, 0.2) is 0 Å². The monoisotopic (exact) mass is 360 g/mol. The van der Waals surface area contributed by atoms with Gasteiger partial charge in [-0.25, -0.2) is 0 Å². The predicted octanol–water partition coefficient (Wildman–Crippen LogP) is 4.45. The van der Waals surface area contributed by atoms with Gasteiger partial charge < -0.3 is 9.64 Å². The van der Waals surface area contributed by atoms with E-state index >= 15 is 0 Å². The number of hydrogen-bond acceptors (Lipinski definition) is 4. The van der Waals surface area contributed by atoms with Crippen LogP contribution in [0.15, 0.2) is 54.6 Å². The number of amides is 1. The Balaban J connectivity index is 1.56. The Labute approximate surface area is 155 Å². The van der Waals surface area contributed by atoms with Gasteiger partial charge in [-0.05, 0) is 35.9 Å². The van der Waals surface area contributed by atoms with E-state index in [-0.39, 0.29) is 5.91 Å². The third-order valence-corrected chi connectivity index (χ3v) is 5.58. The first-order chi connectivity index (χ1) is 12.7. The first-order valence-electron chi connectivity index (χ1n) is 8.25. The van der Waals surface area contributed by atoms with Crippen molar-refractivity contribution >= 4 is 17.2 Å². The maximum absolute atomic E-state index is 12.8. The van der Waals surface area contributed by atoms with Gasteiger partial charge in [-0.3, -0.25) is 4.79 Å². The predicted molar refractivity (Wildman–Crippen MR) is 101 cm³/mol. The molecule has 4 nitrogen and oxygen atoms in total. The highest BCUT2D eigenvalue weighted by atomic mass is 32.1. The molecule has 0 aliphatic carbocycles. The standard InChI is InChI=1S/C21H16N2O2S/c1-23(12-15-8-6-14(11-22)7-9-15)21(24)19-10-16-13-25-18-5-3-2-4-17(18)20(16)26-19/h2-10H,12-13H2,1H3. The van der Waals surface area contributed by atoms with E-state index in [2.05, 4.69) is 6.07 Å². The molecule has 5 heteroatoms.